The normalized spacial score (nSPS) is 15.4. The summed E-state index contributed by atoms with van der Waals surface area (Å²) in [7, 11) is 0. The summed E-state index contributed by atoms with van der Waals surface area (Å²) in [6, 6.07) is 6.95. The molecule has 5 heteroatoms. The van der Waals surface area contributed by atoms with Gasteiger partial charge in [0.1, 0.15) is 5.41 Å². The summed E-state index contributed by atoms with van der Waals surface area (Å²) in [5.41, 5.74) is -0.417. The number of benzene rings is 1. The number of para-hydroxylation sites is 1. The zero-order chi connectivity index (χ0) is 13.9. The van der Waals surface area contributed by atoms with Crippen molar-refractivity contribution in [3.05, 3.63) is 41.9 Å². The number of halogens is 1. The van der Waals surface area contributed by atoms with E-state index in [9.17, 15) is 9.59 Å². The summed E-state index contributed by atoms with van der Waals surface area (Å²) in [4.78, 5) is 24.1. The van der Waals surface area contributed by atoms with Gasteiger partial charge in [-0.2, -0.15) is 0 Å². The lowest BCUT2D eigenvalue weighted by molar-refractivity contribution is -0.134. The van der Waals surface area contributed by atoms with E-state index < -0.39 is 5.41 Å². The Hall–Kier alpha value is -1.81. The van der Waals surface area contributed by atoms with Crippen molar-refractivity contribution in [1.82, 2.24) is 5.32 Å². The van der Waals surface area contributed by atoms with E-state index >= 15 is 0 Å². The molecule has 100 valence electrons. The number of carbonyl (C=O) groups is 2. The van der Waals surface area contributed by atoms with Crippen molar-refractivity contribution in [3.63, 3.8) is 0 Å². The maximum Gasteiger partial charge on any atom is 0.240 e. The van der Waals surface area contributed by atoms with E-state index in [0.717, 1.165) is 0 Å². The summed E-state index contributed by atoms with van der Waals surface area (Å²) < 4.78 is 0. The quantitative estimate of drug-likeness (QED) is 0.642. The van der Waals surface area contributed by atoms with Crippen LogP contribution in [0.5, 0.6) is 0 Å². The maximum atomic E-state index is 12.2. The van der Waals surface area contributed by atoms with E-state index in [1.165, 1.54) is 0 Å². The highest BCUT2D eigenvalue weighted by Crippen LogP contribution is 2.47. The molecule has 1 saturated carbocycles. The Morgan fingerprint density at radius 3 is 2.58 bits per heavy atom. The number of hydrogen-bond acceptors (Lipinski definition) is 2. The first-order valence-electron chi connectivity index (χ1n) is 6.05. The third-order valence-corrected chi connectivity index (χ3v) is 3.48. The first-order valence-corrected chi connectivity index (χ1v) is 6.43. The van der Waals surface area contributed by atoms with Crippen LogP contribution < -0.4 is 10.6 Å². The van der Waals surface area contributed by atoms with Gasteiger partial charge in [0.05, 0.1) is 10.7 Å². The number of hydrogen-bond donors (Lipinski definition) is 2. The van der Waals surface area contributed by atoms with Crippen LogP contribution in [0.25, 0.3) is 0 Å². The van der Waals surface area contributed by atoms with Gasteiger partial charge in [0, 0.05) is 6.54 Å². The lowest BCUT2D eigenvalue weighted by atomic mass is 10.1. The zero-order valence-corrected chi connectivity index (χ0v) is 11.2. The van der Waals surface area contributed by atoms with E-state index in [-0.39, 0.29) is 11.8 Å². The second-order valence-corrected chi connectivity index (χ2v) is 4.92. The Balaban J connectivity index is 2.06. The third-order valence-electron chi connectivity index (χ3n) is 3.15. The number of amides is 2. The smallest absolute Gasteiger partial charge is 0.240 e. The molecule has 0 atom stereocenters. The minimum absolute atomic E-state index is 0.253. The van der Waals surface area contributed by atoms with Crippen LogP contribution in [0.4, 0.5) is 5.69 Å². The molecule has 1 aromatic rings. The van der Waals surface area contributed by atoms with Crippen molar-refractivity contribution in [2.24, 2.45) is 5.41 Å². The van der Waals surface area contributed by atoms with Gasteiger partial charge in [-0.1, -0.05) is 29.8 Å². The molecule has 0 bridgehead atoms. The lowest BCUT2D eigenvalue weighted by Gasteiger charge is -2.15. The maximum absolute atomic E-state index is 12.2. The van der Waals surface area contributed by atoms with Crippen LogP contribution in [0.2, 0.25) is 5.02 Å². The Morgan fingerprint density at radius 2 is 2.00 bits per heavy atom. The van der Waals surface area contributed by atoms with Gasteiger partial charge in [0.2, 0.25) is 11.8 Å². The molecule has 2 amide bonds. The zero-order valence-electron chi connectivity index (χ0n) is 10.4. The molecule has 0 aromatic heterocycles. The first kappa shape index (κ1) is 13.6. The molecule has 19 heavy (non-hydrogen) atoms. The summed E-state index contributed by atoms with van der Waals surface area (Å²) in [6.45, 7) is 3.89. The predicted octanol–water partition coefficient (Wildman–Crippen LogP) is 2.36. The van der Waals surface area contributed by atoms with E-state index in [1.54, 1.807) is 30.3 Å². The fourth-order valence-corrected chi connectivity index (χ4v) is 2.00. The molecule has 2 rings (SSSR count). The minimum Gasteiger partial charge on any atom is -0.352 e. The molecule has 1 aromatic carbocycles. The van der Waals surface area contributed by atoms with Gasteiger partial charge < -0.3 is 10.6 Å². The van der Waals surface area contributed by atoms with Gasteiger partial charge in [-0.3, -0.25) is 9.59 Å². The van der Waals surface area contributed by atoms with Crippen molar-refractivity contribution >= 4 is 29.1 Å². The van der Waals surface area contributed by atoms with E-state index in [2.05, 4.69) is 17.2 Å². The number of rotatable bonds is 5. The molecule has 0 saturated heterocycles. The van der Waals surface area contributed by atoms with E-state index in [1.807, 2.05) is 0 Å². The highest BCUT2D eigenvalue weighted by molar-refractivity contribution is 6.34. The molecule has 4 nitrogen and oxygen atoms in total. The van der Waals surface area contributed by atoms with Gasteiger partial charge in [0.15, 0.2) is 0 Å². The average Bonchev–Trinajstić information content (AvgIpc) is 3.20. The van der Waals surface area contributed by atoms with Crippen molar-refractivity contribution in [2.75, 3.05) is 11.9 Å². The summed E-state index contributed by atoms with van der Waals surface area (Å²) in [5.74, 6) is -0.556. The van der Waals surface area contributed by atoms with Crippen LogP contribution >= 0.6 is 11.6 Å². The number of carbonyl (C=O) groups excluding carboxylic acids is 2. The summed E-state index contributed by atoms with van der Waals surface area (Å²) >= 11 is 5.97. The van der Waals surface area contributed by atoms with Gasteiger partial charge >= 0.3 is 0 Å². The highest BCUT2D eigenvalue weighted by Gasteiger charge is 2.56. The number of anilines is 1. The Kier molecular flexibility index (Phi) is 3.90. The molecule has 1 aliphatic carbocycles. The van der Waals surface area contributed by atoms with Crippen molar-refractivity contribution in [2.45, 2.75) is 12.8 Å². The topological polar surface area (TPSA) is 58.2 Å². The molecular weight excluding hydrogens is 264 g/mol. The summed E-state index contributed by atoms with van der Waals surface area (Å²) in [6.07, 6.45) is 2.71. The minimum atomic E-state index is -0.942. The monoisotopic (exact) mass is 278 g/mol. The predicted molar refractivity (Wildman–Crippen MR) is 75.0 cm³/mol. The summed E-state index contributed by atoms with van der Waals surface area (Å²) in [5, 5.41) is 5.83. The van der Waals surface area contributed by atoms with Crippen molar-refractivity contribution < 1.29 is 9.59 Å². The van der Waals surface area contributed by atoms with Gasteiger partial charge in [-0.25, -0.2) is 0 Å². The van der Waals surface area contributed by atoms with Crippen molar-refractivity contribution in [3.8, 4) is 0 Å². The third kappa shape index (κ3) is 2.79. The molecule has 1 fully saturated rings. The van der Waals surface area contributed by atoms with Crippen LogP contribution in [-0.2, 0) is 9.59 Å². The molecule has 0 spiro atoms. The van der Waals surface area contributed by atoms with Crippen LogP contribution in [0.3, 0.4) is 0 Å². The van der Waals surface area contributed by atoms with Gasteiger partial charge in [-0.05, 0) is 25.0 Å². The Labute approximate surface area is 116 Å². The molecule has 0 aliphatic heterocycles. The van der Waals surface area contributed by atoms with Gasteiger partial charge in [0.25, 0.3) is 0 Å². The van der Waals surface area contributed by atoms with E-state index in [4.69, 9.17) is 11.6 Å². The second kappa shape index (κ2) is 5.45. The average molecular weight is 279 g/mol. The SMILES string of the molecule is C=CCNC(=O)C1(C(=O)Nc2ccccc2Cl)CC1. The fraction of sp³-hybridized carbons (Fsp3) is 0.286. The number of nitrogens with one attached hydrogen (secondary N) is 2. The first-order chi connectivity index (χ1) is 9.10. The van der Waals surface area contributed by atoms with E-state index in [0.29, 0.717) is 30.1 Å². The van der Waals surface area contributed by atoms with Crippen molar-refractivity contribution in [1.29, 1.82) is 0 Å². The lowest BCUT2D eigenvalue weighted by Crippen LogP contribution is -2.40. The standard InChI is InChI=1S/C14H15ClN2O2/c1-2-9-16-12(18)14(7-8-14)13(19)17-11-6-4-3-5-10(11)15/h2-6H,1,7-9H2,(H,16,18)(H,17,19). The van der Waals surface area contributed by atoms with Gasteiger partial charge in [-0.15, -0.1) is 6.58 Å². The molecule has 0 radical (unpaired) electrons. The van der Waals surface area contributed by atoms with Crippen LogP contribution in [-0.4, -0.2) is 18.4 Å². The molecule has 1 aliphatic rings. The second-order valence-electron chi connectivity index (χ2n) is 4.51. The highest BCUT2D eigenvalue weighted by atomic mass is 35.5. The molecule has 0 unspecified atom stereocenters. The van der Waals surface area contributed by atoms with Crippen LogP contribution in [0.1, 0.15) is 12.8 Å². The Bertz CT molecular complexity index is 524. The fourth-order valence-electron chi connectivity index (χ4n) is 1.82. The molecular formula is C14H15ClN2O2. The van der Waals surface area contributed by atoms with Crippen LogP contribution in [0, 0.1) is 5.41 Å². The largest absolute Gasteiger partial charge is 0.352 e. The Morgan fingerprint density at radius 1 is 1.32 bits per heavy atom. The molecule has 0 heterocycles. The van der Waals surface area contributed by atoms with Crippen LogP contribution in [0.15, 0.2) is 36.9 Å². The molecule has 2 N–H and O–H groups in total.